The van der Waals surface area contributed by atoms with Crippen molar-refractivity contribution in [3.63, 3.8) is 0 Å². The maximum atomic E-state index is 12.0. The molecule has 3 N–H and O–H groups in total. The summed E-state index contributed by atoms with van der Waals surface area (Å²) < 4.78 is 5.33. The van der Waals surface area contributed by atoms with Crippen LogP contribution >= 0.6 is 0 Å². The lowest BCUT2D eigenvalue weighted by Crippen LogP contribution is -2.23. The van der Waals surface area contributed by atoms with Crippen molar-refractivity contribution in [2.75, 3.05) is 5.73 Å². The third-order valence-corrected chi connectivity index (χ3v) is 2.78. The maximum Gasteiger partial charge on any atom is 0.255 e. The number of amides is 1. The van der Waals surface area contributed by atoms with E-state index in [1.165, 1.54) is 0 Å². The van der Waals surface area contributed by atoms with Crippen LogP contribution in [-0.2, 0) is 6.54 Å². The number of nitrogens with one attached hydrogen (secondary N) is 1. The Bertz CT molecular complexity index is 573. The van der Waals surface area contributed by atoms with Crippen LogP contribution in [0.1, 0.15) is 27.4 Å². The lowest BCUT2D eigenvalue weighted by atomic mass is 10.1. The average Bonchev–Trinajstić information content (AvgIpc) is 2.67. The minimum atomic E-state index is -0.146. The Kier molecular flexibility index (Phi) is 3.37. The van der Waals surface area contributed by atoms with Crippen molar-refractivity contribution in [1.29, 1.82) is 0 Å². The number of para-hydroxylation sites is 1. The van der Waals surface area contributed by atoms with Gasteiger partial charge in [-0.25, -0.2) is 0 Å². The van der Waals surface area contributed by atoms with Crippen LogP contribution in [0, 0.1) is 13.8 Å². The van der Waals surface area contributed by atoms with E-state index in [1.807, 2.05) is 31.2 Å². The lowest BCUT2D eigenvalue weighted by Gasteiger charge is -2.06. The summed E-state index contributed by atoms with van der Waals surface area (Å²) in [7, 11) is 0. The first-order valence-electron chi connectivity index (χ1n) is 5.76. The zero-order valence-electron chi connectivity index (χ0n) is 10.5. The summed E-state index contributed by atoms with van der Waals surface area (Å²) in [5.41, 5.74) is 7.97. The van der Waals surface area contributed by atoms with Gasteiger partial charge in [-0.1, -0.05) is 18.2 Å². The minimum Gasteiger partial charge on any atom is -0.466 e. The molecule has 1 heterocycles. The molecule has 0 spiro atoms. The molecule has 0 radical (unpaired) electrons. The second-order valence-electron chi connectivity index (χ2n) is 4.21. The van der Waals surface area contributed by atoms with Gasteiger partial charge in [-0.05, 0) is 31.5 Å². The molecule has 4 heteroatoms. The Morgan fingerprint density at radius 1 is 1.33 bits per heavy atom. The third kappa shape index (κ3) is 2.53. The first-order valence-corrected chi connectivity index (χ1v) is 5.76. The molecule has 0 aliphatic rings. The minimum absolute atomic E-state index is 0.146. The number of carbonyl (C=O) groups is 1. The van der Waals surface area contributed by atoms with Crippen LogP contribution < -0.4 is 11.1 Å². The topological polar surface area (TPSA) is 68.3 Å². The summed E-state index contributed by atoms with van der Waals surface area (Å²) in [5.74, 6) is 1.22. The van der Waals surface area contributed by atoms with Gasteiger partial charge in [0.05, 0.1) is 5.56 Å². The van der Waals surface area contributed by atoms with Gasteiger partial charge in [0.1, 0.15) is 11.5 Å². The fourth-order valence-corrected chi connectivity index (χ4v) is 1.82. The first kappa shape index (κ1) is 12.2. The van der Waals surface area contributed by atoms with E-state index in [-0.39, 0.29) is 5.91 Å². The standard InChI is InChI=1S/C14H16N2O2/c1-9-7-12(10(2)18-9)14(17)16-8-11-5-3-4-6-13(11)15/h3-7H,8,15H2,1-2H3,(H,16,17). The molecule has 0 fully saturated rings. The summed E-state index contributed by atoms with van der Waals surface area (Å²) in [5, 5.41) is 2.83. The molecule has 18 heavy (non-hydrogen) atoms. The molecule has 0 bridgehead atoms. The Hall–Kier alpha value is -2.23. The van der Waals surface area contributed by atoms with Gasteiger partial charge in [0.25, 0.3) is 5.91 Å². The Morgan fingerprint density at radius 3 is 2.67 bits per heavy atom. The van der Waals surface area contributed by atoms with E-state index < -0.39 is 0 Å². The number of nitrogen functional groups attached to an aromatic ring is 1. The number of hydrogen-bond donors (Lipinski definition) is 2. The molecule has 1 amide bonds. The van der Waals surface area contributed by atoms with Crippen LogP contribution in [0.3, 0.4) is 0 Å². The highest BCUT2D eigenvalue weighted by Crippen LogP contribution is 2.14. The second-order valence-corrected chi connectivity index (χ2v) is 4.21. The Balaban J connectivity index is 2.05. The lowest BCUT2D eigenvalue weighted by molar-refractivity contribution is 0.0949. The van der Waals surface area contributed by atoms with Crippen molar-refractivity contribution in [2.45, 2.75) is 20.4 Å². The fourth-order valence-electron chi connectivity index (χ4n) is 1.82. The molecule has 4 nitrogen and oxygen atoms in total. The van der Waals surface area contributed by atoms with Crippen LogP contribution in [0.4, 0.5) is 5.69 Å². The summed E-state index contributed by atoms with van der Waals surface area (Å²) in [6.45, 7) is 4.01. The summed E-state index contributed by atoms with van der Waals surface area (Å²) in [6.07, 6.45) is 0. The maximum absolute atomic E-state index is 12.0. The van der Waals surface area contributed by atoms with Crippen LogP contribution in [0.5, 0.6) is 0 Å². The zero-order valence-corrected chi connectivity index (χ0v) is 10.5. The number of nitrogens with two attached hydrogens (primary N) is 1. The zero-order chi connectivity index (χ0) is 13.1. The average molecular weight is 244 g/mol. The number of rotatable bonds is 3. The smallest absolute Gasteiger partial charge is 0.255 e. The predicted octanol–water partition coefficient (Wildman–Crippen LogP) is 2.41. The number of furan rings is 1. The number of hydrogen-bond acceptors (Lipinski definition) is 3. The largest absolute Gasteiger partial charge is 0.466 e. The highest BCUT2D eigenvalue weighted by Gasteiger charge is 2.13. The molecule has 0 aliphatic heterocycles. The van der Waals surface area contributed by atoms with Gasteiger partial charge in [0, 0.05) is 12.2 Å². The summed E-state index contributed by atoms with van der Waals surface area (Å²) in [6, 6.07) is 9.20. The molecule has 0 saturated heterocycles. The Morgan fingerprint density at radius 2 is 2.06 bits per heavy atom. The monoisotopic (exact) mass is 244 g/mol. The fraction of sp³-hybridized carbons (Fsp3) is 0.214. The van der Waals surface area contributed by atoms with E-state index in [4.69, 9.17) is 10.2 Å². The van der Waals surface area contributed by atoms with E-state index >= 15 is 0 Å². The van der Waals surface area contributed by atoms with E-state index in [2.05, 4.69) is 5.32 Å². The first-order chi connectivity index (χ1) is 8.58. The van der Waals surface area contributed by atoms with Crippen molar-refractivity contribution >= 4 is 11.6 Å². The second kappa shape index (κ2) is 4.96. The van der Waals surface area contributed by atoms with Crippen molar-refractivity contribution in [2.24, 2.45) is 0 Å². The Labute approximate surface area is 106 Å². The molecule has 0 unspecified atom stereocenters. The quantitative estimate of drug-likeness (QED) is 0.815. The van der Waals surface area contributed by atoms with Crippen LogP contribution in [-0.4, -0.2) is 5.91 Å². The summed E-state index contributed by atoms with van der Waals surface area (Å²) in [4.78, 5) is 12.0. The molecule has 2 aromatic rings. The van der Waals surface area contributed by atoms with Crippen molar-refractivity contribution < 1.29 is 9.21 Å². The summed E-state index contributed by atoms with van der Waals surface area (Å²) >= 11 is 0. The van der Waals surface area contributed by atoms with Gasteiger partial charge in [-0.3, -0.25) is 4.79 Å². The van der Waals surface area contributed by atoms with Crippen LogP contribution in [0.15, 0.2) is 34.7 Å². The van der Waals surface area contributed by atoms with Gasteiger partial charge in [0.2, 0.25) is 0 Å². The SMILES string of the molecule is Cc1cc(C(=O)NCc2ccccc2N)c(C)o1. The predicted molar refractivity (Wildman–Crippen MR) is 70.2 cm³/mol. The van der Waals surface area contributed by atoms with Gasteiger partial charge < -0.3 is 15.5 Å². The van der Waals surface area contributed by atoms with Crippen molar-refractivity contribution in [3.8, 4) is 0 Å². The number of benzene rings is 1. The number of aryl methyl sites for hydroxylation is 2. The number of anilines is 1. The molecule has 0 saturated carbocycles. The van der Waals surface area contributed by atoms with Gasteiger partial charge in [-0.15, -0.1) is 0 Å². The van der Waals surface area contributed by atoms with Crippen LogP contribution in [0.25, 0.3) is 0 Å². The van der Waals surface area contributed by atoms with E-state index in [0.717, 1.165) is 11.3 Å². The molecular weight excluding hydrogens is 228 g/mol. The van der Waals surface area contributed by atoms with Gasteiger partial charge >= 0.3 is 0 Å². The van der Waals surface area contributed by atoms with Crippen LogP contribution in [0.2, 0.25) is 0 Å². The van der Waals surface area contributed by atoms with Crippen molar-refractivity contribution in [1.82, 2.24) is 5.32 Å². The molecule has 2 rings (SSSR count). The number of carbonyl (C=O) groups excluding carboxylic acids is 1. The normalized spacial score (nSPS) is 10.3. The molecule has 1 aromatic heterocycles. The van der Waals surface area contributed by atoms with Gasteiger partial charge in [0.15, 0.2) is 0 Å². The molecule has 0 atom stereocenters. The van der Waals surface area contributed by atoms with E-state index in [0.29, 0.717) is 23.6 Å². The molecule has 94 valence electrons. The van der Waals surface area contributed by atoms with Crippen molar-refractivity contribution in [3.05, 3.63) is 53.0 Å². The third-order valence-electron chi connectivity index (χ3n) is 2.78. The van der Waals surface area contributed by atoms with Gasteiger partial charge in [-0.2, -0.15) is 0 Å². The molecule has 0 aliphatic carbocycles. The highest BCUT2D eigenvalue weighted by atomic mass is 16.3. The highest BCUT2D eigenvalue weighted by molar-refractivity contribution is 5.95. The van der Waals surface area contributed by atoms with E-state index in [1.54, 1.807) is 13.0 Å². The molecular formula is C14H16N2O2. The van der Waals surface area contributed by atoms with E-state index in [9.17, 15) is 4.79 Å². The molecule has 1 aromatic carbocycles.